The summed E-state index contributed by atoms with van der Waals surface area (Å²) in [6.45, 7) is 15.5. The summed E-state index contributed by atoms with van der Waals surface area (Å²) in [6.07, 6.45) is 10.9. The number of benzene rings is 6. The van der Waals surface area contributed by atoms with Crippen molar-refractivity contribution < 1.29 is 74.5 Å². The number of esters is 2. The molecule has 0 amide bonds. The van der Waals surface area contributed by atoms with E-state index in [9.17, 15) is 35.5 Å². The van der Waals surface area contributed by atoms with E-state index in [1.54, 1.807) is 110 Å². The molecule has 0 fully saturated rings. The van der Waals surface area contributed by atoms with E-state index in [0.717, 1.165) is 36.8 Å². The van der Waals surface area contributed by atoms with Crippen LogP contribution < -0.4 is 11.5 Å². The Hall–Kier alpha value is -7.15. The van der Waals surface area contributed by atoms with Gasteiger partial charge in [0.25, 0.3) is 20.2 Å². The van der Waals surface area contributed by atoms with E-state index in [0.29, 0.717) is 47.2 Å². The number of anilines is 2. The number of carbonyl (C=O) groups is 2. The molecule has 0 aliphatic rings. The first-order chi connectivity index (χ1) is 37.7. The van der Waals surface area contributed by atoms with Crippen molar-refractivity contribution in [3.63, 3.8) is 0 Å². The van der Waals surface area contributed by atoms with Gasteiger partial charge in [0, 0.05) is 21.5 Å². The zero-order valence-electron chi connectivity index (χ0n) is 46.0. The molecule has 0 aliphatic carbocycles. The SMILES string of the molecule is C=C(C#N)C(=O)OCC(CC)CC.C=C(C#N)C(=O)OCC(CC)CC.CS(C)=[OH+].CS(C)=[OH+].Nc1c(N=Nc2ccc(-c3ccc(N=Nc4cc(S(=O)([O-])=[OH+])c5ccccc5c4N)cc3)cc2)cc(S(=O)([O-])=[OH+])c2ccccc12.[Pt+2]. The molecule has 0 aromatic heterocycles. The molecule has 2 atom stereocenters. The number of azo groups is 2. The molecule has 20 nitrogen and oxygen atoms in total. The van der Waals surface area contributed by atoms with Gasteiger partial charge in [0.15, 0.2) is 21.6 Å². The third-order valence-electron chi connectivity index (χ3n) is 11.2. The molecule has 6 rings (SSSR count). The summed E-state index contributed by atoms with van der Waals surface area (Å²) in [5.74, 6) is -0.435. The molecule has 0 radical (unpaired) electrons. The van der Waals surface area contributed by atoms with E-state index < -0.39 is 32.2 Å². The fourth-order valence-corrected chi connectivity index (χ4v) is 8.09. The van der Waals surface area contributed by atoms with Crippen LogP contribution in [0.3, 0.4) is 0 Å². The second-order valence-electron chi connectivity index (χ2n) is 17.4. The Morgan fingerprint density at radius 3 is 1.10 bits per heavy atom. The Morgan fingerprint density at radius 2 is 0.852 bits per heavy atom. The van der Waals surface area contributed by atoms with Gasteiger partial charge in [0.2, 0.25) is 0 Å². The second-order valence-corrected chi connectivity index (χ2v) is 23.3. The Balaban J connectivity index is 0.000000765. The van der Waals surface area contributed by atoms with Gasteiger partial charge in [-0.05, 0) is 59.4 Å². The zero-order chi connectivity index (χ0) is 60.3. The summed E-state index contributed by atoms with van der Waals surface area (Å²) in [4.78, 5) is 21.3. The quantitative estimate of drug-likeness (QED) is 0.0164. The summed E-state index contributed by atoms with van der Waals surface area (Å²) >= 11 is 0. The fraction of sp³-hybridized carbons (Fsp3) is 0.286. The molecule has 6 aromatic rings. The maximum atomic E-state index is 12.0. The smallest absolute Gasteiger partial charge is 0.702 e. The predicted molar refractivity (Wildman–Crippen MR) is 317 cm³/mol. The van der Waals surface area contributed by atoms with Gasteiger partial charge in [-0.25, -0.2) is 18.0 Å². The van der Waals surface area contributed by atoms with Crippen molar-refractivity contribution in [1.29, 1.82) is 10.5 Å². The van der Waals surface area contributed by atoms with Crippen LogP contribution in [0, 0.1) is 34.5 Å². The molecular weight excluding hydrogens is 1300 g/mol. The number of nitrogens with two attached hydrogens (primary N) is 2. The number of nitriles is 2. The standard InChI is InChI=1S/C32H24N6O6S2.2C10H15NO2.2C2H6OS.Pt/c33-31-25-7-3-1-5-23(25)29(45(39,40)41)17-27(31)37-35-21-13-9-19(10-14-21)20-11-15-22(16-12-20)36-38-28-18-30(46(42,43)44)24-6-2-4-8-26(24)32(28)34;2*1-4-9(5-2)7-13-10(12)8(3)6-11;2*1-4(2)3;/h1-18H,33-34H2,(H,39,40,41)(H,42,43,44);2*9H,3-5,7H2,1-2H3;2*1-2H3;/q;;;;;+2/p+2. The number of fused-ring (bicyclic) bond motifs is 2. The molecule has 81 heavy (non-hydrogen) atoms. The maximum absolute atomic E-state index is 12.0. The van der Waals surface area contributed by atoms with E-state index in [2.05, 4.69) is 33.6 Å². The molecule has 0 aliphatic heterocycles. The Kier molecular flexibility index (Phi) is 31.5. The average molecular weight is 1370 g/mol. The van der Waals surface area contributed by atoms with Gasteiger partial charge < -0.3 is 30.0 Å². The van der Waals surface area contributed by atoms with Crippen molar-refractivity contribution in [2.75, 3.05) is 49.7 Å². The number of hydrogen-bond donors (Lipinski definition) is 2. The van der Waals surface area contributed by atoms with Crippen LogP contribution in [0.25, 0.3) is 32.7 Å². The monoisotopic (exact) mass is 1370 g/mol. The predicted octanol–water partition coefficient (Wildman–Crippen LogP) is 12.2. The average Bonchev–Trinajstić information content (AvgIpc) is 3.46. The number of nitrogen functional groups attached to an aromatic ring is 2. The third-order valence-corrected chi connectivity index (χ3v) is 13.0. The van der Waals surface area contributed by atoms with Gasteiger partial charge in [-0.15, -0.1) is 10.2 Å². The molecule has 0 spiro atoms. The number of ether oxygens (including phenoxy) is 2. The Morgan fingerprint density at radius 1 is 0.580 bits per heavy atom. The third kappa shape index (κ3) is 24.2. The maximum Gasteiger partial charge on any atom is 2.00 e. The Bertz CT molecular complexity index is 3320. The first-order valence-corrected chi connectivity index (χ1v) is 31.2. The van der Waals surface area contributed by atoms with Gasteiger partial charge in [-0.1, -0.05) is 139 Å². The minimum Gasteiger partial charge on any atom is -0.702 e. The molecule has 2 unspecified atom stereocenters. The topological polar surface area (TPSA) is 368 Å². The molecule has 0 bridgehead atoms. The molecule has 6 aromatic carbocycles. The van der Waals surface area contributed by atoms with Crippen molar-refractivity contribution in [2.24, 2.45) is 32.3 Å². The van der Waals surface area contributed by atoms with Gasteiger partial charge in [-0.3, -0.25) is 8.42 Å². The van der Waals surface area contributed by atoms with Crippen molar-refractivity contribution in [3.05, 3.63) is 133 Å². The summed E-state index contributed by atoms with van der Waals surface area (Å²) in [7, 11) is -9.79. The fourth-order valence-electron chi connectivity index (χ4n) is 6.66. The molecule has 434 valence electrons. The van der Waals surface area contributed by atoms with Crippen LogP contribution in [0.4, 0.5) is 34.1 Å². The van der Waals surface area contributed by atoms with Crippen molar-refractivity contribution in [3.8, 4) is 23.3 Å². The normalized spacial score (nSPS) is 12.1. The molecule has 25 heteroatoms. The molecule has 0 saturated heterocycles. The van der Waals surface area contributed by atoms with Crippen molar-refractivity contribution in [1.82, 2.24) is 0 Å². The van der Waals surface area contributed by atoms with Crippen molar-refractivity contribution in [2.45, 2.75) is 63.2 Å². The van der Waals surface area contributed by atoms with E-state index >= 15 is 0 Å². The minimum absolute atomic E-state index is 0. The molecule has 0 heterocycles. The number of hydrogen-bond acceptors (Lipinski definition) is 16. The van der Waals surface area contributed by atoms with Crippen LogP contribution in [0.15, 0.2) is 164 Å². The second kappa shape index (κ2) is 35.6. The van der Waals surface area contributed by atoms with Gasteiger partial charge in [0.1, 0.15) is 44.5 Å². The first-order valence-electron chi connectivity index (χ1n) is 24.3. The summed E-state index contributed by atoms with van der Waals surface area (Å²) in [6, 6.07) is 32.9. The van der Waals surface area contributed by atoms with Crippen molar-refractivity contribution >= 4 is 109 Å². The van der Waals surface area contributed by atoms with Crippen LogP contribution in [0.1, 0.15) is 53.4 Å². The first kappa shape index (κ1) is 71.9. The van der Waals surface area contributed by atoms with E-state index in [1.807, 2.05) is 52.0 Å². The molecule has 0 saturated carbocycles. The van der Waals surface area contributed by atoms with Gasteiger partial charge in [-0.2, -0.15) is 29.2 Å². The summed E-state index contributed by atoms with van der Waals surface area (Å²) in [5, 5.41) is 34.8. The molecular formula is C56H68N8O12PtS4+4. The van der Waals surface area contributed by atoms with Crippen LogP contribution >= 0.6 is 0 Å². The van der Waals surface area contributed by atoms with Gasteiger partial charge in [0.05, 0.1) is 61.0 Å². The minimum atomic E-state index is -4.53. The Labute approximate surface area is 493 Å². The van der Waals surface area contributed by atoms with Crippen LogP contribution in [-0.2, 0) is 82.0 Å². The zero-order valence-corrected chi connectivity index (χ0v) is 51.6. The largest absolute Gasteiger partial charge is 2.00 e. The van der Waals surface area contributed by atoms with Crippen LogP contribution in [-0.4, -0.2) is 84.5 Å². The van der Waals surface area contributed by atoms with E-state index in [4.69, 9.17) is 39.9 Å². The number of rotatable bonds is 17. The van der Waals surface area contributed by atoms with Crippen LogP contribution in [0.2, 0.25) is 0 Å². The van der Waals surface area contributed by atoms with Crippen LogP contribution in [0.5, 0.6) is 0 Å². The van der Waals surface area contributed by atoms with E-state index in [-0.39, 0.29) is 97.1 Å². The summed E-state index contributed by atoms with van der Waals surface area (Å²) in [5.41, 5.74) is 15.5. The van der Waals surface area contributed by atoms with Gasteiger partial charge >= 0.3 is 33.0 Å². The summed E-state index contributed by atoms with van der Waals surface area (Å²) < 4.78 is 93.3. The number of carbonyl (C=O) groups excluding carboxylic acids is 2. The van der Waals surface area contributed by atoms with E-state index in [1.165, 1.54) is 12.1 Å². The number of nitrogens with zero attached hydrogens (tertiary/aromatic N) is 6. The molecule has 8 N–H and O–H groups in total.